The quantitative estimate of drug-likeness (QED) is 0.746. The largest absolute Gasteiger partial charge is 0.268 e. The first-order valence-corrected chi connectivity index (χ1v) is 7.47. The monoisotopic (exact) mass is 361 g/mol. The summed E-state index contributed by atoms with van der Waals surface area (Å²) in [5.74, 6) is -0.646. The van der Waals surface area contributed by atoms with Gasteiger partial charge in [-0.15, -0.1) is 0 Å². The van der Waals surface area contributed by atoms with Crippen molar-refractivity contribution in [1.82, 2.24) is 4.90 Å². The molecule has 2 aromatic rings. The maximum atomic E-state index is 12.5. The Morgan fingerprint density at radius 1 is 0.952 bits per heavy atom. The molecule has 21 heavy (non-hydrogen) atoms. The van der Waals surface area contributed by atoms with Crippen molar-refractivity contribution in [3.8, 4) is 0 Å². The molecular formula is C16H9BrClNO2. The van der Waals surface area contributed by atoms with E-state index in [9.17, 15) is 9.59 Å². The molecule has 104 valence electrons. The molecular weight excluding hydrogens is 354 g/mol. The summed E-state index contributed by atoms with van der Waals surface area (Å²) in [4.78, 5) is 27.7. The number of imide groups is 1. The molecule has 0 aliphatic carbocycles. The number of fused-ring (bicyclic) bond motifs is 1. The molecule has 0 saturated carbocycles. The van der Waals surface area contributed by atoms with E-state index in [-0.39, 0.29) is 11.8 Å². The molecule has 1 heterocycles. The second kappa shape index (κ2) is 5.47. The van der Waals surface area contributed by atoms with Crippen molar-refractivity contribution in [2.24, 2.45) is 0 Å². The Labute approximate surface area is 135 Å². The van der Waals surface area contributed by atoms with Crippen LogP contribution >= 0.6 is 27.5 Å². The van der Waals surface area contributed by atoms with Gasteiger partial charge in [-0.3, -0.25) is 9.59 Å². The van der Waals surface area contributed by atoms with Gasteiger partial charge in [0.25, 0.3) is 11.8 Å². The highest BCUT2D eigenvalue weighted by Crippen LogP contribution is 2.31. The molecule has 0 bridgehead atoms. The highest BCUT2D eigenvalue weighted by Gasteiger charge is 2.37. The van der Waals surface area contributed by atoms with Crippen molar-refractivity contribution in [2.75, 3.05) is 0 Å². The summed E-state index contributed by atoms with van der Waals surface area (Å²) in [6.45, 7) is 0. The lowest BCUT2D eigenvalue weighted by molar-refractivity contribution is 0.0736. The Bertz CT molecular complexity index is 733. The first-order chi connectivity index (χ1) is 10.1. The summed E-state index contributed by atoms with van der Waals surface area (Å²) >= 11 is 9.11. The predicted molar refractivity (Wildman–Crippen MR) is 85.3 cm³/mol. The smallest absolute Gasteiger partial charge is 0.266 e. The average Bonchev–Trinajstić information content (AvgIpc) is 2.76. The SMILES string of the molecule is O=C1c2ccccc2C(=O)N1/C(=C\Br)c1ccc(Cl)cc1. The summed E-state index contributed by atoms with van der Waals surface area (Å²) in [5, 5.41) is 0.593. The van der Waals surface area contributed by atoms with E-state index in [1.54, 1.807) is 53.5 Å². The minimum Gasteiger partial charge on any atom is -0.268 e. The van der Waals surface area contributed by atoms with Gasteiger partial charge in [0.05, 0.1) is 16.8 Å². The standard InChI is InChI=1S/C16H9BrClNO2/c17-9-14(10-5-7-11(18)8-6-10)19-15(20)12-3-1-2-4-13(12)16(19)21/h1-9H/b14-9-. The van der Waals surface area contributed by atoms with Crippen molar-refractivity contribution >= 4 is 45.0 Å². The highest BCUT2D eigenvalue weighted by atomic mass is 79.9. The van der Waals surface area contributed by atoms with E-state index in [0.717, 1.165) is 5.56 Å². The van der Waals surface area contributed by atoms with Crippen molar-refractivity contribution in [3.05, 3.63) is 75.2 Å². The van der Waals surface area contributed by atoms with Gasteiger partial charge < -0.3 is 0 Å². The lowest BCUT2D eigenvalue weighted by atomic mass is 10.1. The van der Waals surface area contributed by atoms with Crippen LogP contribution in [0, 0.1) is 0 Å². The number of nitrogens with zero attached hydrogens (tertiary/aromatic N) is 1. The number of benzene rings is 2. The van der Waals surface area contributed by atoms with E-state index >= 15 is 0 Å². The molecule has 0 atom stereocenters. The van der Waals surface area contributed by atoms with E-state index in [4.69, 9.17) is 11.6 Å². The number of amides is 2. The van der Waals surface area contributed by atoms with E-state index in [1.807, 2.05) is 0 Å². The summed E-state index contributed by atoms with van der Waals surface area (Å²) in [6, 6.07) is 13.8. The molecule has 3 rings (SSSR count). The van der Waals surface area contributed by atoms with Gasteiger partial charge in [-0.2, -0.15) is 0 Å². The molecule has 1 aliphatic rings. The molecule has 2 amide bonds. The van der Waals surface area contributed by atoms with E-state index < -0.39 is 0 Å². The third kappa shape index (κ3) is 2.30. The van der Waals surface area contributed by atoms with Crippen LogP contribution in [0.25, 0.3) is 5.70 Å². The van der Waals surface area contributed by atoms with Gasteiger partial charge in [0.1, 0.15) is 0 Å². The van der Waals surface area contributed by atoms with Crippen LogP contribution in [0.3, 0.4) is 0 Å². The topological polar surface area (TPSA) is 37.4 Å². The number of carbonyl (C=O) groups excluding carboxylic acids is 2. The molecule has 0 radical (unpaired) electrons. The summed E-state index contributed by atoms with van der Waals surface area (Å²) < 4.78 is 0. The van der Waals surface area contributed by atoms with Crippen molar-refractivity contribution < 1.29 is 9.59 Å². The Morgan fingerprint density at radius 3 is 1.95 bits per heavy atom. The highest BCUT2D eigenvalue weighted by molar-refractivity contribution is 9.11. The number of carbonyl (C=O) groups is 2. The molecule has 2 aromatic carbocycles. The maximum Gasteiger partial charge on any atom is 0.266 e. The number of hydrogen-bond acceptors (Lipinski definition) is 2. The Balaban J connectivity index is 2.06. The van der Waals surface area contributed by atoms with Crippen LogP contribution in [0.1, 0.15) is 26.3 Å². The summed E-state index contributed by atoms with van der Waals surface area (Å²) in [6.07, 6.45) is 0. The lowest BCUT2D eigenvalue weighted by Gasteiger charge is -2.17. The van der Waals surface area contributed by atoms with Crippen LogP contribution < -0.4 is 0 Å². The van der Waals surface area contributed by atoms with E-state index in [1.165, 1.54) is 4.90 Å². The van der Waals surface area contributed by atoms with Crippen LogP contribution in [0.2, 0.25) is 5.02 Å². The molecule has 0 aromatic heterocycles. The van der Waals surface area contributed by atoms with E-state index in [0.29, 0.717) is 21.8 Å². The second-order valence-corrected chi connectivity index (χ2v) is 5.39. The van der Waals surface area contributed by atoms with Gasteiger partial charge >= 0.3 is 0 Å². The molecule has 0 N–H and O–H groups in total. The molecule has 0 fully saturated rings. The summed E-state index contributed by atoms with van der Waals surface area (Å²) in [7, 11) is 0. The summed E-state index contributed by atoms with van der Waals surface area (Å²) in [5.41, 5.74) is 2.05. The van der Waals surface area contributed by atoms with Gasteiger partial charge in [-0.1, -0.05) is 51.8 Å². The van der Waals surface area contributed by atoms with Crippen molar-refractivity contribution in [3.63, 3.8) is 0 Å². The Kier molecular flexibility index (Phi) is 3.66. The zero-order valence-corrected chi connectivity index (χ0v) is 13.1. The minimum absolute atomic E-state index is 0.323. The van der Waals surface area contributed by atoms with Gasteiger partial charge in [-0.05, 0) is 29.8 Å². The zero-order chi connectivity index (χ0) is 15.0. The van der Waals surface area contributed by atoms with E-state index in [2.05, 4.69) is 15.9 Å². The second-order valence-electron chi connectivity index (χ2n) is 4.49. The molecule has 0 unspecified atom stereocenters. The van der Waals surface area contributed by atoms with Crippen LogP contribution in [-0.2, 0) is 0 Å². The Morgan fingerprint density at radius 2 is 1.48 bits per heavy atom. The van der Waals surface area contributed by atoms with Gasteiger partial charge in [0, 0.05) is 10.0 Å². The molecule has 1 aliphatic heterocycles. The van der Waals surface area contributed by atoms with Crippen LogP contribution in [0.4, 0.5) is 0 Å². The fourth-order valence-corrected chi connectivity index (χ4v) is 2.86. The fraction of sp³-hybridized carbons (Fsp3) is 0. The Hall–Kier alpha value is -1.91. The van der Waals surface area contributed by atoms with Crippen molar-refractivity contribution in [1.29, 1.82) is 0 Å². The van der Waals surface area contributed by atoms with Crippen LogP contribution in [-0.4, -0.2) is 16.7 Å². The normalized spacial score (nSPS) is 14.6. The third-order valence-corrected chi connectivity index (χ3v) is 3.96. The third-order valence-electron chi connectivity index (χ3n) is 3.28. The molecule has 0 saturated heterocycles. The molecule has 3 nitrogen and oxygen atoms in total. The predicted octanol–water partition coefficient (Wildman–Crippen LogP) is 4.33. The average molecular weight is 363 g/mol. The van der Waals surface area contributed by atoms with Crippen LogP contribution in [0.5, 0.6) is 0 Å². The first-order valence-electron chi connectivity index (χ1n) is 6.17. The van der Waals surface area contributed by atoms with Gasteiger partial charge in [0.2, 0.25) is 0 Å². The minimum atomic E-state index is -0.323. The van der Waals surface area contributed by atoms with Gasteiger partial charge in [-0.25, -0.2) is 4.90 Å². The maximum absolute atomic E-state index is 12.5. The number of hydrogen-bond donors (Lipinski definition) is 0. The molecule has 0 spiro atoms. The number of halogens is 2. The lowest BCUT2D eigenvalue weighted by Crippen LogP contribution is -2.27. The van der Waals surface area contributed by atoms with Crippen LogP contribution in [0.15, 0.2) is 53.5 Å². The first kappa shape index (κ1) is 14.0. The molecule has 5 heteroatoms. The fourth-order valence-electron chi connectivity index (χ4n) is 2.27. The van der Waals surface area contributed by atoms with Crippen molar-refractivity contribution in [2.45, 2.75) is 0 Å². The number of rotatable bonds is 2. The zero-order valence-electron chi connectivity index (χ0n) is 10.7. The van der Waals surface area contributed by atoms with Gasteiger partial charge in [0.15, 0.2) is 0 Å².